The SMILES string of the molecule is Cc1nccc(N[C@@H]2C[C@H](CCS(N)(=O)=O)[C@@H](C)C2)c1C(=O)c1cn(C(C)(C)C)c(C)c1C. The summed E-state index contributed by atoms with van der Waals surface area (Å²) in [5.41, 5.74) is 4.75. The third kappa shape index (κ3) is 5.66. The van der Waals surface area contributed by atoms with Crippen LogP contribution in [0.3, 0.4) is 0 Å². The van der Waals surface area contributed by atoms with Crippen molar-refractivity contribution in [3.63, 3.8) is 0 Å². The summed E-state index contributed by atoms with van der Waals surface area (Å²) in [6.45, 7) is 14.5. The van der Waals surface area contributed by atoms with Gasteiger partial charge in [0.2, 0.25) is 10.0 Å². The molecule has 1 aliphatic rings. The molecule has 3 N–H and O–H groups in total. The Hall–Kier alpha value is -2.19. The van der Waals surface area contributed by atoms with Crippen LogP contribution in [0.5, 0.6) is 0 Å². The van der Waals surface area contributed by atoms with Crippen LogP contribution in [-0.4, -0.2) is 35.5 Å². The predicted molar refractivity (Wildman–Crippen MR) is 133 cm³/mol. The number of primary sulfonamides is 1. The third-order valence-electron chi connectivity index (χ3n) is 7.08. The monoisotopic (exact) mass is 474 g/mol. The van der Waals surface area contributed by atoms with Gasteiger partial charge in [-0.2, -0.15) is 0 Å². The topological polar surface area (TPSA) is 107 Å². The molecule has 0 aromatic carbocycles. The van der Waals surface area contributed by atoms with Gasteiger partial charge in [-0.3, -0.25) is 9.78 Å². The summed E-state index contributed by atoms with van der Waals surface area (Å²) >= 11 is 0. The van der Waals surface area contributed by atoms with E-state index < -0.39 is 10.0 Å². The summed E-state index contributed by atoms with van der Waals surface area (Å²) < 4.78 is 24.9. The molecule has 8 heteroatoms. The van der Waals surface area contributed by atoms with Gasteiger partial charge in [-0.15, -0.1) is 0 Å². The minimum atomic E-state index is -3.46. The molecule has 0 amide bonds. The van der Waals surface area contributed by atoms with Gasteiger partial charge < -0.3 is 9.88 Å². The number of aryl methyl sites for hydroxylation is 1. The maximum Gasteiger partial charge on any atom is 0.209 e. The Morgan fingerprint density at radius 1 is 1.24 bits per heavy atom. The number of nitrogens with one attached hydrogen (secondary N) is 1. The fourth-order valence-electron chi connectivity index (χ4n) is 5.12. The normalized spacial score (nSPS) is 21.4. The van der Waals surface area contributed by atoms with Crippen molar-refractivity contribution in [2.45, 2.75) is 79.3 Å². The number of nitrogens with zero attached hydrogens (tertiary/aromatic N) is 2. The Morgan fingerprint density at radius 2 is 1.91 bits per heavy atom. The molecule has 7 nitrogen and oxygen atoms in total. The molecule has 0 radical (unpaired) electrons. The van der Waals surface area contributed by atoms with Crippen molar-refractivity contribution in [2.24, 2.45) is 17.0 Å². The zero-order valence-corrected chi connectivity index (χ0v) is 21.7. The summed E-state index contributed by atoms with van der Waals surface area (Å²) in [6, 6.07) is 2.03. The molecule has 0 aliphatic heterocycles. The molecule has 1 aliphatic carbocycles. The average Bonchev–Trinajstić information content (AvgIpc) is 3.18. The molecule has 3 rings (SSSR count). The van der Waals surface area contributed by atoms with E-state index in [-0.39, 0.29) is 29.0 Å². The van der Waals surface area contributed by atoms with Crippen LogP contribution in [0.2, 0.25) is 0 Å². The van der Waals surface area contributed by atoms with E-state index >= 15 is 0 Å². The third-order valence-corrected chi connectivity index (χ3v) is 7.89. The number of ketones is 1. The van der Waals surface area contributed by atoms with Gasteiger partial charge in [0.1, 0.15) is 0 Å². The van der Waals surface area contributed by atoms with Crippen LogP contribution < -0.4 is 10.5 Å². The molecular formula is C25H38N4O3S. The van der Waals surface area contributed by atoms with E-state index in [0.29, 0.717) is 29.2 Å². The number of hydrogen-bond donors (Lipinski definition) is 2. The van der Waals surface area contributed by atoms with E-state index in [2.05, 4.69) is 42.6 Å². The van der Waals surface area contributed by atoms with E-state index in [4.69, 9.17) is 5.14 Å². The lowest BCUT2D eigenvalue weighted by Crippen LogP contribution is -2.22. The van der Waals surface area contributed by atoms with Crippen LogP contribution in [-0.2, 0) is 15.6 Å². The zero-order chi connectivity index (χ0) is 24.7. The van der Waals surface area contributed by atoms with E-state index in [0.717, 1.165) is 29.8 Å². The van der Waals surface area contributed by atoms with Gasteiger partial charge in [-0.05, 0) is 84.3 Å². The van der Waals surface area contributed by atoms with Gasteiger partial charge in [-0.1, -0.05) is 6.92 Å². The summed E-state index contributed by atoms with van der Waals surface area (Å²) in [4.78, 5) is 18.1. The van der Waals surface area contributed by atoms with E-state index in [9.17, 15) is 13.2 Å². The Bertz CT molecular complexity index is 1150. The number of aromatic nitrogens is 2. The second-order valence-corrected chi connectivity index (χ2v) is 12.4. The van der Waals surface area contributed by atoms with Crippen LogP contribution in [0.4, 0.5) is 5.69 Å². The molecule has 1 saturated carbocycles. The number of anilines is 1. The molecule has 182 valence electrons. The van der Waals surface area contributed by atoms with Crippen molar-refractivity contribution in [1.29, 1.82) is 0 Å². The van der Waals surface area contributed by atoms with Gasteiger partial charge in [0, 0.05) is 40.9 Å². The highest BCUT2D eigenvalue weighted by Crippen LogP contribution is 2.37. The van der Waals surface area contributed by atoms with E-state index in [1.807, 2.05) is 33.0 Å². The van der Waals surface area contributed by atoms with Gasteiger partial charge >= 0.3 is 0 Å². The maximum absolute atomic E-state index is 13.7. The molecule has 2 aromatic rings. The molecule has 1 fully saturated rings. The van der Waals surface area contributed by atoms with Crippen LogP contribution in [0.1, 0.15) is 79.8 Å². The van der Waals surface area contributed by atoms with Crippen molar-refractivity contribution >= 4 is 21.5 Å². The lowest BCUT2D eigenvalue weighted by molar-refractivity contribution is 0.103. The van der Waals surface area contributed by atoms with Crippen molar-refractivity contribution in [1.82, 2.24) is 9.55 Å². The molecule has 0 spiro atoms. The van der Waals surface area contributed by atoms with Gasteiger partial charge in [0.05, 0.1) is 17.0 Å². The minimum absolute atomic E-state index is 0.0101. The second kappa shape index (κ2) is 9.22. The van der Waals surface area contributed by atoms with Crippen LogP contribution >= 0.6 is 0 Å². The average molecular weight is 475 g/mol. The van der Waals surface area contributed by atoms with Gasteiger partial charge in [-0.25, -0.2) is 13.6 Å². The summed E-state index contributed by atoms with van der Waals surface area (Å²) in [7, 11) is -3.46. The largest absolute Gasteiger partial charge is 0.382 e. The minimum Gasteiger partial charge on any atom is -0.382 e. The van der Waals surface area contributed by atoms with E-state index in [1.54, 1.807) is 6.20 Å². The Kier molecular flexibility index (Phi) is 7.10. The first-order valence-electron chi connectivity index (χ1n) is 11.7. The number of rotatable bonds is 7. The summed E-state index contributed by atoms with van der Waals surface area (Å²) in [5.74, 6) is 0.658. The summed E-state index contributed by atoms with van der Waals surface area (Å²) in [6.07, 6.45) is 6.03. The first-order valence-corrected chi connectivity index (χ1v) is 13.4. The Balaban J connectivity index is 1.87. The first kappa shape index (κ1) is 25.4. The highest BCUT2D eigenvalue weighted by molar-refractivity contribution is 7.89. The number of hydrogen-bond acceptors (Lipinski definition) is 5. The zero-order valence-electron chi connectivity index (χ0n) is 20.9. The molecule has 0 saturated heterocycles. The number of pyridine rings is 1. The van der Waals surface area contributed by atoms with Crippen LogP contribution in [0, 0.1) is 32.6 Å². The van der Waals surface area contributed by atoms with Crippen molar-refractivity contribution < 1.29 is 13.2 Å². The quantitative estimate of drug-likeness (QED) is 0.582. The Morgan fingerprint density at radius 3 is 2.48 bits per heavy atom. The van der Waals surface area contributed by atoms with Crippen LogP contribution in [0.15, 0.2) is 18.5 Å². The second-order valence-electron chi connectivity index (χ2n) is 10.6. The standard InChI is InChI=1S/C25H38N4O3S/c1-15-12-20(13-19(15)9-11-33(26,31)32)28-22-8-10-27-17(3)23(22)24(30)21-14-29(25(5,6)7)18(4)16(21)2/h8,10,14-15,19-20H,9,11-13H2,1-7H3,(H,27,28)(H2,26,31,32)/t15-,19-,20-/m0/s1. The van der Waals surface area contributed by atoms with Crippen molar-refractivity contribution in [3.8, 4) is 0 Å². The van der Waals surface area contributed by atoms with Crippen molar-refractivity contribution in [2.75, 3.05) is 11.1 Å². The molecule has 2 heterocycles. The first-order chi connectivity index (χ1) is 15.2. The van der Waals surface area contributed by atoms with Gasteiger partial charge in [0.15, 0.2) is 5.78 Å². The summed E-state index contributed by atoms with van der Waals surface area (Å²) in [5, 5.41) is 8.79. The molecule has 0 bridgehead atoms. The van der Waals surface area contributed by atoms with Crippen LogP contribution in [0.25, 0.3) is 0 Å². The Labute approximate surface area is 198 Å². The number of nitrogens with two attached hydrogens (primary N) is 1. The molecule has 3 atom stereocenters. The lowest BCUT2D eigenvalue weighted by Gasteiger charge is -2.23. The molecule has 2 aromatic heterocycles. The predicted octanol–water partition coefficient (Wildman–Crippen LogP) is 4.30. The molecule has 0 unspecified atom stereocenters. The lowest BCUT2D eigenvalue weighted by atomic mass is 9.96. The van der Waals surface area contributed by atoms with Gasteiger partial charge in [0.25, 0.3) is 0 Å². The highest BCUT2D eigenvalue weighted by atomic mass is 32.2. The highest BCUT2D eigenvalue weighted by Gasteiger charge is 2.33. The maximum atomic E-state index is 13.7. The fourth-order valence-corrected chi connectivity index (χ4v) is 5.75. The number of carbonyl (C=O) groups is 1. The fraction of sp³-hybridized carbons (Fsp3) is 0.600. The van der Waals surface area contributed by atoms with Crippen molar-refractivity contribution in [3.05, 3.63) is 46.5 Å². The number of carbonyl (C=O) groups excluding carboxylic acids is 1. The number of sulfonamides is 1. The molecular weight excluding hydrogens is 436 g/mol. The van der Waals surface area contributed by atoms with E-state index in [1.165, 1.54) is 0 Å². The smallest absolute Gasteiger partial charge is 0.209 e. The molecule has 33 heavy (non-hydrogen) atoms.